The molecule has 1 saturated heterocycles. The molecule has 45 heavy (non-hydrogen) atoms. The number of ketones is 1. The number of ether oxygens (including phenoxy) is 3. The van der Waals surface area contributed by atoms with Gasteiger partial charge in [-0.3, -0.25) is 9.59 Å². The van der Waals surface area contributed by atoms with E-state index in [1.807, 2.05) is 74.4 Å². The van der Waals surface area contributed by atoms with Gasteiger partial charge in [0.15, 0.2) is 11.5 Å². The smallest absolute Gasteiger partial charge is 0.295 e. The zero-order valence-electron chi connectivity index (χ0n) is 26.0. The maximum atomic E-state index is 13.5. The Bertz CT molecular complexity index is 1680. The Hall–Kier alpha value is -5.08. The van der Waals surface area contributed by atoms with E-state index < -0.39 is 17.7 Å². The summed E-state index contributed by atoms with van der Waals surface area (Å²) in [6.45, 7) is 3.60. The third kappa shape index (κ3) is 7.36. The Labute approximate surface area is 264 Å². The van der Waals surface area contributed by atoms with E-state index in [2.05, 4.69) is 6.07 Å². The minimum absolute atomic E-state index is 0.0205. The molecule has 0 aromatic heterocycles. The zero-order valence-corrected chi connectivity index (χ0v) is 26.0. The van der Waals surface area contributed by atoms with Crippen LogP contribution in [0.5, 0.6) is 17.2 Å². The molecule has 1 unspecified atom stereocenters. The van der Waals surface area contributed by atoms with E-state index >= 15 is 0 Å². The molecule has 1 aliphatic rings. The van der Waals surface area contributed by atoms with Gasteiger partial charge in [0, 0.05) is 18.7 Å². The van der Waals surface area contributed by atoms with Crippen molar-refractivity contribution in [1.82, 2.24) is 9.80 Å². The highest BCUT2D eigenvalue weighted by Crippen LogP contribution is 2.42. The van der Waals surface area contributed by atoms with Crippen molar-refractivity contribution in [3.63, 3.8) is 0 Å². The van der Waals surface area contributed by atoms with E-state index in [0.29, 0.717) is 54.7 Å². The molecule has 4 aromatic rings. The summed E-state index contributed by atoms with van der Waals surface area (Å²) in [7, 11) is 5.34. The Morgan fingerprint density at radius 3 is 2.22 bits per heavy atom. The summed E-state index contributed by atoms with van der Waals surface area (Å²) >= 11 is 0. The number of amides is 1. The van der Waals surface area contributed by atoms with Gasteiger partial charge in [0.1, 0.15) is 24.7 Å². The fourth-order valence-corrected chi connectivity index (χ4v) is 5.31. The molecule has 1 aliphatic heterocycles. The first-order valence-corrected chi connectivity index (χ1v) is 14.8. The number of carbonyl (C=O) groups is 2. The van der Waals surface area contributed by atoms with Crippen molar-refractivity contribution in [1.29, 1.82) is 0 Å². The van der Waals surface area contributed by atoms with Gasteiger partial charge in [-0.25, -0.2) is 0 Å². The van der Waals surface area contributed by atoms with Crippen LogP contribution in [0, 0.1) is 6.92 Å². The number of carbonyl (C=O) groups excluding carboxylic acids is 2. The molecule has 0 spiro atoms. The Morgan fingerprint density at radius 1 is 0.822 bits per heavy atom. The Morgan fingerprint density at radius 2 is 1.53 bits per heavy atom. The number of methoxy groups -OCH3 is 1. The molecule has 1 heterocycles. The molecule has 4 aromatic carbocycles. The lowest BCUT2D eigenvalue weighted by molar-refractivity contribution is -0.140. The second-order valence-corrected chi connectivity index (χ2v) is 11.3. The average Bonchev–Trinajstić information content (AvgIpc) is 3.31. The van der Waals surface area contributed by atoms with E-state index in [4.69, 9.17) is 14.2 Å². The fourth-order valence-electron chi connectivity index (χ4n) is 5.31. The fraction of sp³-hybridized carbons (Fsp3) is 0.243. The van der Waals surface area contributed by atoms with Gasteiger partial charge in [0.05, 0.1) is 18.7 Å². The number of aliphatic hydroxyl groups is 1. The van der Waals surface area contributed by atoms with Gasteiger partial charge in [-0.05, 0) is 74.1 Å². The minimum Gasteiger partial charge on any atom is -0.507 e. The molecule has 5 rings (SSSR count). The van der Waals surface area contributed by atoms with Crippen LogP contribution in [0.4, 0.5) is 0 Å². The molecule has 1 atom stereocenters. The zero-order chi connectivity index (χ0) is 31.9. The summed E-state index contributed by atoms with van der Waals surface area (Å²) in [5.74, 6) is -0.0520. The standard InChI is InChI=1S/C37H38N2O6/c1-25-9-8-12-27(21-25)24-44-30-16-13-28(14-17-30)35(40)33-34(39(20-19-38(2)3)37(42)36(33)41)29-15-18-31(32(22-29)43-4)45-23-26-10-6-5-7-11-26/h5-18,21-22,34,40H,19-20,23-24H2,1-4H3/b35-33+. The van der Waals surface area contributed by atoms with Crippen LogP contribution in [-0.2, 0) is 22.8 Å². The molecule has 1 N–H and O–H groups in total. The van der Waals surface area contributed by atoms with Gasteiger partial charge in [0.25, 0.3) is 11.7 Å². The lowest BCUT2D eigenvalue weighted by Crippen LogP contribution is -2.35. The van der Waals surface area contributed by atoms with E-state index in [-0.39, 0.29) is 11.3 Å². The largest absolute Gasteiger partial charge is 0.507 e. The predicted molar refractivity (Wildman–Crippen MR) is 173 cm³/mol. The molecular formula is C37H38N2O6. The van der Waals surface area contributed by atoms with Crippen LogP contribution in [0.2, 0.25) is 0 Å². The number of hydrogen-bond acceptors (Lipinski definition) is 7. The first-order chi connectivity index (χ1) is 21.7. The summed E-state index contributed by atoms with van der Waals surface area (Å²) in [5, 5.41) is 11.5. The number of Topliss-reactive ketones (excluding diaryl/α,β-unsaturated/α-hetero) is 1. The summed E-state index contributed by atoms with van der Waals surface area (Å²) in [4.78, 5) is 30.3. The first kappa shape index (κ1) is 31.3. The highest BCUT2D eigenvalue weighted by molar-refractivity contribution is 6.46. The van der Waals surface area contributed by atoms with Crippen LogP contribution in [0.25, 0.3) is 5.76 Å². The van der Waals surface area contributed by atoms with Gasteiger partial charge >= 0.3 is 0 Å². The first-order valence-electron chi connectivity index (χ1n) is 14.8. The maximum Gasteiger partial charge on any atom is 0.295 e. The van der Waals surface area contributed by atoms with E-state index in [1.165, 1.54) is 4.90 Å². The summed E-state index contributed by atoms with van der Waals surface area (Å²) in [5.41, 5.74) is 4.26. The van der Waals surface area contributed by atoms with Gasteiger partial charge in [-0.1, -0.05) is 66.2 Å². The quantitative estimate of drug-likeness (QED) is 0.118. The number of likely N-dealkylation sites (N-methyl/N-ethyl adjacent to an activating group) is 1. The topological polar surface area (TPSA) is 88.5 Å². The molecule has 0 radical (unpaired) electrons. The van der Waals surface area contributed by atoms with E-state index in [1.54, 1.807) is 49.6 Å². The molecule has 1 fully saturated rings. The van der Waals surface area contributed by atoms with Crippen molar-refractivity contribution in [3.8, 4) is 17.2 Å². The number of rotatable bonds is 12. The lowest BCUT2D eigenvalue weighted by Gasteiger charge is -2.27. The molecule has 0 bridgehead atoms. The summed E-state index contributed by atoms with van der Waals surface area (Å²) in [6.07, 6.45) is 0. The third-order valence-electron chi connectivity index (χ3n) is 7.68. The second-order valence-electron chi connectivity index (χ2n) is 11.3. The molecule has 8 heteroatoms. The minimum atomic E-state index is -0.820. The normalized spacial score (nSPS) is 15.8. The molecular weight excluding hydrogens is 568 g/mol. The number of aryl methyl sites for hydroxylation is 1. The number of likely N-dealkylation sites (tertiary alicyclic amines) is 1. The van der Waals surface area contributed by atoms with Crippen molar-refractivity contribution in [2.75, 3.05) is 34.3 Å². The van der Waals surface area contributed by atoms with Crippen LogP contribution in [0.15, 0.2) is 103 Å². The number of nitrogens with zero attached hydrogens (tertiary/aromatic N) is 2. The van der Waals surface area contributed by atoms with Crippen LogP contribution in [0.1, 0.15) is 33.9 Å². The van der Waals surface area contributed by atoms with Gasteiger partial charge in [-0.2, -0.15) is 0 Å². The Kier molecular flexibility index (Phi) is 9.85. The van der Waals surface area contributed by atoms with Crippen molar-refractivity contribution >= 4 is 17.4 Å². The summed E-state index contributed by atoms with van der Waals surface area (Å²) < 4.78 is 17.6. The van der Waals surface area contributed by atoms with Crippen molar-refractivity contribution < 1.29 is 28.9 Å². The monoisotopic (exact) mass is 606 g/mol. The van der Waals surface area contributed by atoms with Crippen LogP contribution in [0.3, 0.4) is 0 Å². The third-order valence-corrected chi connectivity index (χ3v) is 7.68. The van der Waals surface area contributed by atoms with Gasteiger partial charge in [-0.15, -0.1) is 0 Å². The lowest BCUT2D eigenvalue weighted by atomic mass is 9.95. The van der Waals surface area contributed by atoms with E-state index in [9.17, 15) is 14.7 Å². The predicted octanol–water partition coefficient (Wildman–Crippen LogP) is 6.14. The van der Waals surface area contributed by atoms with Crippen molar-refractivity contribution in [3.05, 3.63) is 130 Å². The van der Waals surface area contributed by atoms with Crippen molar-refractivity contribution in [2.45, 2.75) is 26.2 Å². The SMILES string of the molecule is COc1cc(C2/C(=C(\O)c3ccc(OCc4cccc(C)c4)cc3)C(=O)C(=O)N2CCN(C)C)ccc1OCc1ccccc1. The second kappa shape index (κ2) is 14.1. The average molecular weight is 607 g/mol. The molecule has 1 amide bonds. The van der Waals surface area contributed by atoms with Crippen LogP contribution < -0.4 is 14.2 Å². The molecule has 0 aliphatic carbocycles. The number of benzene rings is 4. The molecule has 232 valence electrons. The highest BCUT2D eigenvalue weighted by Gasteiger charge is 2.46. The highest BCUT2D eigenvalue weighted by atomic mass is 16.5. The van der Waals surface area contributed by atoms with Gasteiger partial charge < -0.3 is 29.1 Å². The van der Waals surface area contributed by atoms with Gasteiger partial charge in [0.2, 0.25) is 0 Å². The van der Waals surface area contributed by atoms with Crippen LogP contribution in [-0.4, -0.2) is 60.9 Å². The summed E-state index contributed by atoms with van der Waals surface area (Å²) in [6, 6.07) is 29.2. The van der Waals surface area contributed by atoms with Crippen molar-refractivity contribution in [2.24, 2.45) is 0 Å². The number of aliphatic hydroxyl groups excluding tert-OH is 1. The van der Waals surface area contributed by atoms with Crippen LogP contribution >= 0.6 is 0 Å². The maximum absolute atomic E-state index is 13.5. The molecule has 8 nitrogen and oxygen atoms in total. The Balaban J connectivity index is 1.45. The van der Waals surface area contributed by atoms with E-state index in [0.717, 1.165) is 16.7 Å². The molecule has 0 saturated carbocycles. The number of hydrogen-bond donors (Lipinski definition) is 1.